The molecule has 3 rings (SSSR count). The van der Waals surface area contributed by atoms with E-state index in [9.17, 15) is 8.42 Å². The normalized spacial score (nSPS) is 15.3. The van der Waals surface area contributed by atoms with E-state index in [0.717, 1.165) is 41.2 Å². The summed E-state index contributed by atoms with van der Waals surface area (Å²) in [7, 11) is -3.60. The van der Waals surface area contributed by atoms with Crippen LogP contribution in [0, 0.1) is 26.7 Å². The topological polar surface area (TPSA) is 61.4 Å². The molecular weight excluding hydrogens is 370 g/mol. The van der Waals surface area contributed by atoms with Crippen LogP contribution in [0.4, 0.5) is 11.4 Å². The van der Waals surface area contributed by atoms with Gasteiger partial charge in [0, 0.05) is 25.7 Å². The van der Waals surface area contributed by atoms with Gasteiger partial charge in [0.15, 0.2) is 0 Å². The number of anilines is 2. The van der Waals surface area contributed by atoms with E-state index in [4.69, 9.17) is 0 Å². The molecule has 5 nitrogen and oxygen atoms in total. The Balaban J connectivity index is 1.87. The maximum atomic E-state index is 13.2. The molecule has 2 aromatic carbocycles. The number of aryl methyl sites for hydroxylation is 3. The van der Waals surface area contributed by atoms with Gasteiger partial charge in [-0.15, -0.1) is 0 Å². The lowest BCUT2D eigenvalue weighted by Crippen LogP contribution is -2.49. The fourth-order valence-corrected chi connectivity index (χ4v) is 5.83. The van der Waals surface area contributed by atoms with E-state index in [1.807, 2.05) is 45.0 Å². The maximum absolute atomic E-state index is 13.2. The third-order valence-corrected chi connectivity index (χ3v) is 7.14. The second-order valence-corrected chi connectivity index (χ2v) is 9.74. The second kappa shape index (κ2) is 8.13. The van der Waals surface area contributed by atoms with Gasteiger partial charge in [-0.1, -0.05) is 43.7 Å². The van der Waals surface area contributed by atoms with Crippen molar-refractivity contribution in [2.45, 2.75) is 45.6 Å². The first-order valence-corrected chi connectivity index (χ1v) is 11.4. The molecule has 1 atom stereocenters. The Morgan fingerprint density at radius 2 is 1.75 bits per heavy atom. The van der Waals surface area contributed by atoms with Gasteiger partial charge in [-0.25, -0.2) is 13.1 Å². The van der Waals surface area contributed by atoms with Gasteiger partial charge in [-0.2, -0.15) is 0 Å². The van der Waals surface area contributed by atoms with Crippen LogP contribution in [0.25, 0.3) is 0 Å². The Kier molecular flexibility index (Phi) is 6.01. The van der Waals surface area contributed by atoms with Crippen LogP contribution >= 0.6 is 0 Å². The van der Waals surface area contributed by atoms with Crippen LogP contribution in [0.15, 0.2) is 41.3 Å². The highest BCUT2D eigenvalue weighted by molar-refractivity contribution is 7.89. The highest BCUT2D eigenvalue weighted by Gasteiger charge is 2.28. The number of nitrogens with zero attached hydrogens (tertiary/aromatic N) is 1. The van der Waals surface area contributed by atoms with Crippen molar-refractivity contribution in [2.75, 3.05) is 29.9 Å². The summed E-state index contributed by atoms with van der Waals surface area (Å²) < 4.78 is 29.5. The number of sulfonamides is 1. The van der Waals surface area contributed by atoms with Crippen molar-refractivity contribution >= 4 is 21.4 Å². The van der Waals surface area contributed by atoms with Gasteiger partial charge >= 0.3 is 0 Å². The summed E-state index contributed by atoms with van der Waals surface area (Å²) in [6, 6.07) is 11.9. The van der Waals surface area contributed by atoms with Crippen LogP contribution in [0.1, 0.15) is 30.5 Å². The predicted molar refractivity (Wildman–Crippen MR) is 117 cm³/mol. The SMILES string of the molecule is Cc1cc(C)c(S(=O)(=O)NC(CN2CCNc3ccccc32)C(C)C)c(C)c1. The van der Waals surface area contributed by atoms with Gasteiger partial charge < -0.3 is 10.2 Å². The smallest absolute Gasteiger partial charge is 0.241 e. The molecule has 0 spiro atoms. The maximum Gasteiger partial charge on any atom is 0.241 e. The fourth-order valence-electron chi connectivity index (χ4n) is 4.00. The van der Waals surface area contributed by atoms with E-state index in [1.165, 1.54) is 0 Å². The molecule has 0 fully saturated rings. The average molecular weight is 402 g/mol. The van der Waals surface area contributed by atoms with Crippen LogP contribution in [0.5, 0.6) is 0 Å². The van der Waals surface area contributed by atoms with E-state index < -0.39 is 10.0 Å². The number of para-hydroxylation sites is 2. The zero-order chi connectivity index (χ0) is 20.5. The minimum atomic E-state index is -3.60. The van der Waals surface area contributed by atoms with E-state index in [-0.39, 0.29) is 12.0 Å². The first-order valence-electron chi connectivity index (χ1n) is 9.87. The fraction of sp³-hybridized carbons (Fsp3) is 0.455. The molecule has 0 amide bonds. The highest BCUT2D eigenvalue weighted by atomic mass is 32.2. The molecule has 1 aliphatic rings. The molecule has 0 saturated carbocycles. The van der Waals surface area contributed by atoms with Gasteiger partial charge in [0.25, 0.3) is 0 Å². The van der Waals surface area contributed by atoms with Crippen LogP contribution in [0.2, 0.25) is 0 Å². The molecule has 2 aromatic rings. The van der Waals surface area contributed by atoms with Gasteiger partial charge in [0.2, 0.25) is 10.0 Å². The van der Waals surface area contributed by atoms with Crippen molar-refractivity contribution in [3.8, 4) is 0 Å². The summed E-state index contributed by atoms with van der Waals surface area (Å²) in [4.78, 5) is 2.68. The van der Waals surface area contributed by atoms with Crippen LogP contribution in [-0.2, 0) is 10.0 Å². The molecule has 0 aliphatic carbocycles. The minimum Gasteiger partial charge on any atom is -0.382 e. The number of rotatable bonds is 6. The van der Waals surface area contributed by atoms with Crippen LogP contribution in [-0.4, -0.2) is 34.1 Å². The largest absolute Gasteiger partial charge is 0.382 e. The van der Waals surface area contributed by atoms with E-state index >= 15 is 0 Å². The molecule has 28 heavy (non-hydrogen) atoms. The van der Waals surface area contributed by atoms with Gasteiger partial charge in [-0.05, 0) is 49.9 Å². The third-order valence-electron chi connectivity index (χ3n) is 5.34. The lowest BCUT2D eigenvalue weighted by Gasteiger charge is -2.36. The Hall–Kier alpha value is -2.05. The highest BCUT2D eigenvalue weighted by Crippen LogP contribution is 2.29. The molecule has 2 N–H and O–H groups in total. The molecule has 152 valence electrons. The molecule has 1 heterocycles. The number of fused-ring (bicyclic) bond motifs is 1. The summed E-state index contributed by atoms with van der Waals surface area (Å²) in [5.41, 5.74) is 4.89. The summed E-state index contributed by atoms with van der Waals surface area (Å²) in [6.45, 7) is 12.2. The lowest BCUT2D eigenvalue weighted by atomic mass is 10.0. The number of nitrogens with one attached hydrogen (secondary N) is 2. The van der Waals surface area contributed by atoms with Crippen molar-refractivity contribution < 1.29 is 8.42 Å². The molecule has 1 unspecified atom stereocenters. The summed E-state index contributed by atoms with van der Waals surface area (Å²) in [6.07, 6.45) is 0. The van der Waals surface area contributed by atoms with Crippen molar-refractivity contribution in [3.05, 3.63) is 53.1 Å². The summed E-state index contributed by atoms with van der Waals surface area (Å²) >= 11 is 0. The summed E-state index contributed by atoms with van der Waals surface area (Å²) in [5.74, 6) is 0.169. The van der Waals surface area contributed by atoms with Crippen molar-refractivity contribution in [3.63, 3.8) is 0 Å². The molecule has 0 radical (unpaired) electrons. The zero-order valence-corrected chi connectivity index (χ0v) is 18.2. The van der Waals surface area contributed by atoms with E-state index in [0.29, 0.717) is 11.4 Å². The first-order chi connectivity index (χ1) is 13.2. The molecule has 0 aromatic heterocycles. The number of hydrogen-bond acceptors (Lipinski definition) is 4. The molecule has 0 bridgehead atoms. The molecular formula is C22H31N3O2S. The Bertz CT molecular complexity index is 931. The van der Waals surface area contributed by atoms with E-state index in [1.54, 1.807) is 0 Å². The van der Waals surface area contributed by atoms with E-state index in [2.05, 4.69) is 40.9 Å². The third kappa shape index (κ3) is 4.33. The van der Waals surface area contributed by atoms with Gasteiger partial charge in [0.1, 0.15) is 0 Å². The van der Waals surface area contributed by atoms with Crippen LogP contribution < -0.4 is 14.9 Å². The summed E-state index contributed by atoms with van der Waals surface area (Å²) in [5, 5.41) is 3.41. The minimum absolute atomic E-state index is 0.169. The second-order valence-electron chi connectivity index (χ2n) is 8.09. The Morgan fingerprint density at radius 1 is 1.11 bits per heavy atom. The zero-order valence-electron chi connectivity index (χ0n) is 17.4. The average Bonchev–Trinajstić information content (AvgIpc) is 2.60. The Labute approximate surface area is 169 Å². The first kappa shape index (κ1) is 20.7. The molecule has 1 aliphatic heterocycles. The lowest BCUT2D eigenvalue weighted by molar-refractivity contribution is 0.443. The van der Waals surface area contributed by atoms with Crippen molar-refractivity contribution in [2.24, 2.45) is 5.92 Å². The predicted octanol–water partition coefficient (Wildman–Crippen LogP) is 3.85. The van der Waals surface area contributed by atoms with Crippen molar-refractivity contribution in [1.29, 1.82) is 0 Å². The van der Waals surface area contributed by atoms with Gasteiger partial charge in [-0.3, -0.25) is 0 Å². The molecule has 0 saturated heterocycles. The molecule has 6 heteroatoms. The standard InChI is InChI=1S/C22H31N3O2S/c1-15(2)20(14-25-11-10-23-19-8-6-7-9-21(19)25)24-28(26,27)22-17(4)12-16(3)13-18(22)5/h6-9,12-13,15,20,23-24H,10-11,14H2,1-5H3. The quantitative estimate of drug-likeness (QED) is 0.772. The van der Waals surface area contributed by atoms with Gasteiger partial charge in [0.05, 0.1) is 16.3 Å². The Morgan fingerprint density at radius 3 is 2.39 bits per heavy atom. The number of hydrogen-bond donors (Lipinski definition) is 2. The number of benzene rings is 2. The van der Waals surface area contributed by atoms with Crippen LogP contribution in [0.3, 0.4) is 0 Å². The monoisotopic (exact) mass is 401 g/mol. The van der Waals surface area contributed by atoms with Crippen molar-refractivity contribution in [1.82, 2.24) is 4.72 Å².